The molecule has 0 saturated carbocycles. The van der Waals surface area contributed by atoms with Gasteiger partial charge < -0.3 is 4.74 Å². The van der Waals surface area contributed by atoms with Crippen LogP contribution in [0, 0.1) is 18.3 Å². The van der Waals surface area contributed by atoms with Crippen molar-refractivity contribution in [3.63, 3.8) is 0 Å². The SMILES string of the molecule is Cc1cccn2c(=O)c(/C=C(/C#N)S(=O)(=O)c3ccccc3)c(Oc3ccc(Cl)cc3Cl)nc12. The fourth-order valence-electron chi connectivity index (χ4n) is 3.18. The van der Waals surface area contributed by atoms with E-state index in [1.807, 2.05) is 0 Å². The molecule has 0 aliphatic carbocycles. The zero-order valence-corrected chi connectivity index (χ0v) is 19.9. The molecule has 0 amide bonds. The summed E-state index contributed by atoms with van der Waals surface area (Å²) in [5.74, 6) is -0.0606. The van der Waals surface area contributed by atoms with Crippen LogP contribution in [-0.2, 0) is 9.84 Å². The van der Waals surface area contributed by atoms with Crippen LogP contribution in [0.2, 0.25) is 10.0 Å². The highest BCUT2D eigenvalue weighted by Crippen LogP contribution is 2.33. The van der Waals surface area contributed by atoms with Crippen LogP contribution in [0.4, 0.5) is 0 Å². The molecule has 4 aromatic rings. The van der Waals surface area contributed by atoms with Gasteiger partial charge >= 0.3 is 0 Å². The lowest BCUT2D eigenvalue weighted by molar-refractivity contribution is 0.461. The minimum absolute atomic E-state index is 0.0873. The van der Waals surface area contributed by atoms with E-state index in [2.05, 4.69) is 4.98 Å². The molecule has 2 aromatic heterocycles. The zero-order valence-electron chi connectivity index (χ0n) is 17.6. The van der Waals surface area contributed by atoms with E-state index in [0.717, 1.165) is 6.08 Å². The van der Waals surface area contributed by atoms with Gasteiger partial charge in [0.15, 0.2) is 0 Å². The molecule has 7 nitrogen and oxygen atoms in total. The lowest BCUT2D eigenvalue weighted by atomic mass is 10.2. The number of rotatable bonds is 5. The number of nitrogens with zero attached hydrogens (tertiary/aromatic N) is 3. The molecule has 10 heteroatoms. The van der Waals surface area contributed by atoms with E-state index in [0.29, 0.717) is 16.2 Å². The largest absolute Gasteiger partial charge is 0.437 e. The van der Waals surface area contributed by atoms with Gasteiger partial charge in [-0.3, -0.25) is 9.20 Å². The Bertz CT molecular complexity index is 1660. The quantitative estimate of drug-likeness (QED) is 0.330. The number of hydrogen-bond acceptors (Lipinski definition) is 6. The Morgan fingerprint density at radius 1 is 1.12 bits per heavy atom. The average molecular weight is 512 g/mol. The van der Waals surface area contributed by atoms with Gasteiger partial charge in [-0.15, -0.1) is 0 Å². The number of hydrogen-bond donors (Lipinski definition) is 0. The van der Waals surface area contributed by atoms with Crippen molar-refractivity contribution in [2.75, 3.05) is 0 Å². The number of fused-ring (bicyclic) bond motifs is 1. The van der Waals surface area contributed by atoms with Crippen LogP contribution in [0.15, 0.2) is 81.5 Å². The first kappa shape index (κ1) is 23.5. The predicted octanol–water partition coefficient (Wildman–Crippen LogP) is 5.44. The van der Waals surface area contributed by atoms with Gasteiger partial charge in [-0.1, -0.05) is 47.5 Å². The van der Waals surface area contributed by atoms with Crippen molar-refractivity contribution in [3.05, 3.63) is 103 Å². The van der Waals surface area contributed by atoms with Crippen LogP contribution in [0.3, 0.4) is 0 Å². The van der Waals surface area contributed by atoms with E-state index in [4.69, 9.17) is 27.9 Å². The van der Waals surface area contributed by atoms with Crippen molar-refractivity contribution in [2.45, 2.75) is 11.8 Å². The van der Waals surface area contributed by atoms with Crippen molar-refractivity contribution >= 4 is 44.8 Å². The summed E-state index contributed by atoms with van der Waals surface area (Å²) in [5.41, 5.74) is 0.128. The van der Waals surface area contributed by atoms with Gasteiger partial charge in [0, 0.05) is 11.2 Å². The average Bonchev–Trinajstić information content (AvgIpc) is 2.82. The van der Waals surface area contributed by atoms with Crippen molar-refractivity contribution in [3.8, 4) is 17.7 Å². The number of pyridine rings is 1. The maximum Gasteiger partial charge on any atom is 0.269 e. The van der Waals surface area contributed by atoms with Crippen LogP contribution in [-0.4, -0.2) is 17.8 Å². The second kappa shape index (κ2) is 9.31. The van der Waals surface area contributed by atoms with E-state index in [1.54, 1.807) is 31.2 Å². The highest BCUT2D eigenvalue weighted by atomic mass is 35.5. The first-order valence-corrected chi connectivity index (χ1v) is 12.0. The number of allylic oxidation sites excluding steroid dienone is 1. The maximum absolute atomic E-state index is 13.4. The highest BCUT2D eigenvalue weighted by molar-refractivity contribution is 7.95. The molecule has 0 unspecified atom stereocenters. The van der Waals surface area contributed by atoms with E-state index in [-0.39, 0.29) is 27.1 Å². The molecular formula is C24H15Cl2N3O4S. The molecule has 0 aliphatic rings. The van der Waals surface area contributed by atoms with Crippen LogP contribution in [0.1, 0.15) is 11.1 Å². The van der Waals surface area contributed by atoms with Crippen LogP contribution < -0.4 is 10.3 Å². The minimum Gasteiger partial charge on any atom is -0.437 e. The Balaban J connectivity index is 1.99. The number of halogens is 2. The molecule has 0 spiro atoms. The zero-order chi connectivity index (χ0) is 24.5. The lowest BCUT2D eigenvalue weighted by Gasteiger charge is -2.12. The molecule has 0 radical (unpaired) electrons. The molecule has 0 fully saturated rings. The van der Waals surface area contributed by atoms with Crippen molar-refractivity contribution < 1.29 is 13.2 Å². The fraction of sp³-hybridized carbons (Fsp3) is 0.0417. The summed E-state index contributed by atoms with van der Waals surface area (Å²) >= 11 is 12.2. The molecule has 0 aliphatic heterocycles. The van der Waals surface area contributed by atoms with Crippen LogP contribution in [0.5, 0.6) is 11.6 Å². The number of aromatic nitrogens is 2. The minimum atomic E-state index is -4.21. The number of ether oxygens (including phenoxy) is 1. The molecule has 2 aromatic carbocycles. The summed E-state index contributed by atoms with van der Waals surface area (Å²) in [6.45, 7) is 1.76. The Kier molecular flexibility index (Phi) is 6.44. The normalized spacial score (nSPS) is 11.9. The van der Waals surface area contributed by atoms with Gasteiger partial charge in [0.2, 0.25) is 15.7 Å². The van der Waals surface area contributed by atoms with Crippen LogP contribution in [0.25, 0.3) is 11.7 Å². The van der Waals surface area contributed by atoms with Gasteiger partial charge in [0.05, 0.1) is 9.92 Å². The molecule has 170 valence electrons. The second-order valence-electron chi connectivity index (χ2n) is 7.13. The monoisotopic (exact) mass is 511 g/mol. The number of sulfone groups is 1. The molecule has 4 rings (SSSR count). The smallest absolute Gasteiger partial charge is 0.269 e. The number of aryl methyl sites for hydroxylation is 1. The Labute approximate surface area is 205 Å². The molecule has 0 bridgehead atoms. The summed E-state index contributed by atoms with van der Waals surface area (Å²) < 4.78 is 33.2. The van der Waals surface area contributed by atoms with E-state index >= 15 is 0 Å². The van der Waals surface area contributed by atoms with E-state index < -0.39 is 20.3 Å². The second-order valence-corrected chi connectivity index (χ2v) is 9.90. The summed E-state index contributed by atoms with van der Waals surface area (Å²) in [6, 6.07) is 17.0. The van der Waals surface area contributed by atoms with Gasteiger partial charge in [-0.2, -0.15) is 10.2 Å². The Morgan fingerprint density at radius 2 is 1.85 bits per heavy atom. The lowest BCUT2D eigenvalue weighted by Crippen LogP contribution is -2.20. The molecule has 0 saturated heterocycles. The number of nitriles is 1. The molecule has 0 N–H and O–H groups in total. The first-order chi connectivity index (χ1) is 16.2. The molecule has 34 heavy (non-hydrogen) atoms. The third kappa shape index (κ3) is 4.41. The summed E-state index contributed by atoms with van der Waals surface area (Å²) in [4.78, 5) is 17.1. The standard InChI is InChI=1S/C24H15Cl2N3O4S/c1-15-6-5-11-29-22(15)28-23(33-21-10-9-16(25)12-20(21)26)19(24(29)30)13-18(14-27)34(31,32)17-7-3-2-4-8-17/h2-13H,1H3/b18-13-. The molecule has 2 heterocycles. The maximum atomic E-state index is 13.4. The van der Waals surface area contributed by atoms with Gasteiger partial charge in [0.1, 0.15) is 27.9 Å². The first-order valence-electron chi connectivity index (χ1n) is 9.79. The summed E-state index contributed by atoms with van der Waals surface area (Å²) in [5, 5.41) is 10.2. The molecular weight excluding hydrogens is 497 g/mol. The summed E-state index contributed by atoms with van der Waals surface area (Å²) in [6.07, 6.45) is 2.46. The predicted molar refractivity (Wildman–Crippen MR) is 130 cm³/mol. The molecule has 0 atom stereocenters. The Morgan fingerprint density at radius 3 is 2.53 bits per heavy atom. The van der Waals surface area contributed by atoms with Crippen molar-refractivity contribution in [1.29, 1.82) is 5.26 Å². The van der Waals surface area contributed by atoms with Crippen molar-refractivity contribution in [1.82, 2.24) is 9.38 Å². The van der Waals surface area contributed by atoms with Crippen molar-refractivity contribution in [2.24, 2.45) is 0 Å². The van der Waals surface area contributed by atoms with Crippen LogP contribution >= 0.6 is 23.2 Å². The fourth-order valence-corrected chi connectivity index (χ4v) is 4.79. The van der Waals surface area contributed by atoms with E-state index in [1.165, 1.54) is 53.1 Å². The van der Waals surface area contributed by atoms with Gasteiger partial charge in [0.25, 0.3) is 5.56 Å². The third-order valence-corrected chi connectivity index (χ3v) is 7.09. The number of benzene rings is 2. The van der Waals surface area contributed by atoms with E-state index in [9.17, 15) is 18.5 Å². The van der Waals surface area contributed by atoms with Gasteiger partial charge in [-0.25, -0.2) is 8.42 Å². The highest BCUT2D eigenvalue weighted by Gasteiger charge is 2.24. The summed E-state index contributed by atoms with van der Waals surface area (Å²) in [7, 11) is -4.21. The Hall–Kier alpha value is -3.64. The third-order valence-electron chi connectivity index (χ3n) is 4.88. The van der Waals surface area contributed by atoms with Gasteiger partial charge in [-0.05, 0) is 55.0 Å². The topological polar surface area (TPSA) is 102 Å².